The van der Waals surface area contributed by atoms with Crippen LogP contribution in [0.3, 0.4) is 0 Å². The molecule has 5 aliphatic rings. The van der Waals surface area contributed by atoms with E-state index in [0.29, 0.717) is 17.8 Å². The Morgan fingerprint density at radius 1 is 0.375 bits per heavy atom. The van der Waals surface area contributed by atoms with Gasteiger partial charge in [-0.3, -0.25) is 0 Å². The van der Waals surface area contributed by atoms with Gasteiger partial charge in [-0.1, -0.05) is 153 Å². The first-order valence-corrected chi connectivity index (χ1v) is 24.1. The average Bonchev–Trinajstić information content (AvgIpc) is 4.10. The summed E-state index contributed by atoms with van der Waals surface area (Å²) in [5.41, 5.74) is 23.2. The van der Waals surface area contributed by atoms with Gasteiger partial charge < -0.3 is 9.80 Å². The third kappa shape index (κ3) is 5.84. The van der Waals surface area contributed by atoms with Crippen molar-refractivity contribution in [3.8, 4) is 22.3 Å². The zero-order valence-corrected chi connectivity index (χ0v) is 36.6. The van der Waals surface area contributed by atoms with E-state index in [9.17, 15) is 0 Å². The van der Waals surface area contributed by atoms with Crippen molar-refractivity contribution in [3.05, 3.63) is 227 Å². The van der Waals surface area contributed by atoms with Gasteiger partial charge >= 0.3 is 0 Å². The summed E-state index contributed by atoms with van der Waals surface area (Å²) in [6.45, 7) is 0. The summed E-state index contributed by atoms with van der Waals surface area (Å²) in [6.07, 6.45) is 12.4. The van der Waals surface area contributed by atoms with E-state index >= 15 is 0 Å². The molecule has 0 radical (unpaired) electrons. The topological polar surface area (TPSA) is 6.48 Å². The fraction of sp³-hybridized carbons (Fsp3) is 0.226. The first-order valence-electron chi connectivity index (χ1n) is 24.1. The van der Waals surface area contributed by atoms with Gasteiger partial charge in [0.15, 0.2) is 0 Å². The Balaban J connectivity index is 0.999. The lowest BCUT2D eigenvalue weighted by atomic mass is 9.68. The second-order valence-corrected chi connectivity index (χ2v) is 19.4. The quantitative estimate of drug-likeness (QED) is 0.151. The van der Waals surface area contributed by atoms with Crippen molar-refractivity contribution in [2.45, 2.75) is 75.5 Å². The van der Waals surface area contributed by atoms with Crippen LogP contribution in [0, 0.1) is 11.8 Å². The average molecular weight is 827 g/mol. The van der Waals surface area contributed by atoms with Gasteiger partial charge in [-0.15, -0.1) is 0 Å². The molecule has 64 heavy (non-hydrogen) atoms. The molecule has 0 aromatic heterocycles. The number of hydrogen-bond donors (Lipinski definition) is 0. The first-order chi connectivity index (χ1) is 31.7. The molecule has 2 nitrogen and oxygen atoms in total. The number of anilines is 6. The van der Waals surface area contributed by atoms with Crippen molar-refractivity contribution < 1.29 is 0 Å². The number of fused-ring (bicyclic) bond motifs is 5. The van der Waals surface area contributed by atoms with E-state index in [1.807, 2.05) is 0 Å². The zero-order valence-electron chi connectivity index (χ0n) is 36.6. The van der Waals surface area contributed by atoms with Crippen molar-refractivity contribution in [1.29, 1.82) is 0 Å². The van der Waals surface area contributed by atoms with Gasteiger partial charge in [0.25, 0.3) is 0 Å². The number of benzene rings is 8. The van der Waals surface area contributed by atoms with Crippen molar-refractivity contribution in [3.63, 3.8) is 0 Å². The Labute approximate surface area is 378 Å². The standard InChI is InChI=1S/C62H54N2/c1-4-16-42(17-5-1)43-30-32-44(33-31-43)56-26-12-13-27-57(56)64(52-23-8-3-9-24-52)59-29-15-20-47-40-50-35-34-49-39-46-19-14-28-58(60(46)62(49,50)61(47)59)63(51-21-6-2-7-22-51)53-36-37-55-48(41-53)38-45-18-10-11-25-54(45)55/h2-3,6-15,18-33,36-37,41-42,49-50H,1,4-5,16-17,34-35,38-40H2. The molecule has 2 heteroatoms. The van der Waals surface area contributed by atoms with Crippen LogP contribution in [-0.4, -0.2) is 0 Å². The summed E-state index contributed by atoms with van der Waals surface area (Å²) < 4.78 is 0. The van der Waals surface area contributed by atoms with Crippen LogP contribution in [-0.2, 0) is 24.7 Å². The number of nitrogens with zero attached hydrogens (tertiary/aromatic N) is 2. The van der Waals surface area contributed by atoms with Gasteiger partial charge in [0.05, 0.1) is 17.1 Å². The minimum atomic E-state index is -0.124. The van der Waals surface area contributed by atoms with Crippen molar-refractivity contribution in [1.82, 2.24) is 0 Å². The van der Waals surface area contributed by atoms with Gasteiger partial charge in [-0.05, 0) is 173 Å². The zero-order chi connectivity index (χ0) is 42.2. The van der Waals surface area contributed by atoms with E-state index in [1.54, 1.807) is 11.1 Å². The van der Waals surface area contributed by atoms with E-state index in [2.05, 4.69) is 198 Å². The summed E-state index contributed by atoms with van der Waals surface area (Å²) in [6, 6.07) is 71.9. The molecule has 8 aromatic carbocycles. The third-order valence-corrected chi connectivity index (χ3v) is 16.2. The predicted molar refractivity (Wildman–Crippen MR) is 266 cm³/mol. The lowest BCUT2D eigenvalue weighted by Gasteiger charge is -2.40. The fourth-order valence-corrected chi connectivity index (χ4v) is 13.6. The highest BCUT2D eigenvalue weighted by atomic mass is 15.2. The van der Waals surface area contributed by atoms with E-state index in [0.717, 1.165) is 19.3 Å². The molecule has 2 saturated carbocycles. The minimum absolute atomic E-state index is 0.124. The smallest absolute Gasteiger partial charge is 0.0540 e. The van der Waals surface area contributed by atoms with E-state index in [4.69, 9.17) is 0 Å². The molecule has 0 N–H and O–H groups in total. The third-order valence-electron chi connectivity index (χ3n) is 16.2. The molecule has 0 saturated heterocycles. The highest BCUT2D eigenvalue weighted by molar-refractivity contribution is 5.92. The largest absolute Gasteiger partial charge is 0.310 e. The van der Waals surface area contributed by atoms with Crippen LogP contribution in [0.2, 0.25) is 0 Å². The van der Waals surface area contributed by atoms with Crippen LogP contribution in [0.1, 0.15) is 89.8 Å². The van der Waals surface area contributed by atoms with E-state index in [1.165, 1.54) is 129 Å². The Kier molecular flexibility index (Phi) is 9.04. The van der Waals surface area contributed by atoms with Crippen molar-refractivity contribution in [2.75, 3.05) is 9.80 Å². The Morgan fingerprint density at radius 2 is 0.922 bits per heavy atom. The second-order valence-electron chi connectivity index (χ2n) is 19.4. The first kappa shape index (κ1) is 37.9. The Bertz CT molecular complexity index is 3030. The normalized spacial score (nSPS) is 20.2. The molecule has 312 valence electrons. The highest BCUT2D eigenvalue weighted by Crippen LogP contribution is 2.69. The molecule has 5 aliphatic carbocycles. The van der Waals surface area contributed by atoms with Crippen LogP contribution in [0.15, 0.2) is 188 Å². The molecular weight excluding hydrogens is 773 g/mol. The van der Waals surface area contributed by atoms with Crippen LogP contribution in [0.4, 0.5) is 34.1 Å². The number of rotatable bonds is 8. The molecule has 3 unspecified atom stereocenters. The van der Waals surface area contributed by atoms with Gasteiger partial charge in [0.1, 0.15) is 0 Å². The number of para-hydroxylation sites is 3. The minimum Gasteiger partial charge on any atom is -0.310 e. The van der Waals surface area contributed by atoms with Crippen LogP contribution < -0.4 is 9.80 Å². The lowest BCUT2D eigenvalue weighted by Crippen LogP contribution is -2.34. The van der Waals surface area contributed by atoms with Crippen LogP contribution in [0.25, 0.3) is 22.3 Å². The van der Waals surface area contributed by atoms with Crippen molar-refractivity contribution in [2.24, 2.45) is 11.8 Å². The second kappa shape index (κ2) is 15.3. The summed E-state index contributed by atoms with van der Waals surface area (Å²) in [5, 5.41) is 0. The van der Waals surface area contributed by atoms with Crippen LogP contribution >= 0.6 is 0 Å². The van der Waals surface area contributed by atoms with E-state index < -0.39 is 0 Å². The fourth-order valence-electron chi connectivity index (χ4n) is 13.6. The molecule has 0 aliphatic heterocycles. The monoisotopic (exact) mass is 826 g/mol. The molecular formula is C62H54N2. The van der Waals surface area contributed by atoms with E-state index in [-0.39, 0.29) is 5.41 Å². The maximum Gasteiger partial charge on any atom is 0.0540 e. The maximum absolute atomic E-state index is 2.63. The molecule has 8 aromatic rings. The maximum atomic E-state index is 2.63. The summed E-state index contributed by atoms with van der Waals surface area (Å²) in [5.74, 6) is 1.75. The highest BCUT2D eigenvalue weighted by Gasteiger charge is 2.62. The van der Waals surface area contributed by atoms with Crippen molar-refractivity contribution >= 4 is 34.1 Å². The van der Waals surface area contributed by atoms with Gasteiger partial charge in [-0.25, -0.2) is 0 Å². The van der Waals surface area contributed by atoms with Gasteiger partial charge in [0.2, 0.25) is 0 Å². The predicted octanol–water partition coefficient (Wildman–Crippen LogP) is 16.3. The number of hydrogen-bond acceptors (Lipinski definition) is 2. The lowest BCUT2D eigenvalue weighted by molar-refractivity contribution is 0.350. The van der Waals surface area contributed by atoms with Gasteiger partial charge in [-0.2, -0.15) is 0 Å². The SMILES string of the molecule is c1ccc(N(c2ccc3c(c2)Cc2ccccc2-3)c2cccc3c2C24c5c(cccc5N(c5ccccc5)c5ccccc5-c5ccc(C6CCCCC6)cc5)CC2CCC4C3)cc1. The van der Waals surface area contributed by atoms with Gasteiger partial charge in [0, 0.05) is 28.0 Å². The summed E-state index contributed by atoms with van der Waals surface area (Å²) >= 11 is 0. The molecule has 2 fully saturated rings. The molecule has 1 spiro atoms. The molecule has 0 amide bonds. The molecule has 0 bridgehead atoms. The molecule has 0 heterocycles. The Morgan fingerprint density at radius 3 is 1.61 bits per heavy atom. The Hall–Kier alpha value is -6.64. The molecule has 13 rings (SSSR count). The molecule has 3 atom stereocenters. The van der Waals surface area contributed by atoms with Crippen LogP contribution in [0.5, 0.6) is 0 Å². The summed E-state index contributed by atoms with van der Waals surface area (Å²) in [4.78, 5) is 5.24. The summed E-state index contributed by atoms with van der Waals surface area (Å²) in [7, 11) is 0.